The standard InChI is InChI=1S/C16H24O7S.C15H28O2/c1-5-16(3,4)15(18)21-8(2)14(17)22-12-9-6-10-11(7-9)24(19,20)23-13(10)12;1-7-14(5,6)12(16)17-15(13(2,3)4)10-8-9-11-15/h8-13H,5-7H2,1-4H3;7-11H2,1-6H3. The van der Waals surface area contributed by atoms with Crippen molar-refractivity contribution in [1.82, 2.24) is 0 Å². The molecule has 10 heteroatoms. The summed E-state index contributed by atoms with van der Waals surface area (Å²) in [6, 6.07) is 0. The molecule has 4 rings (SSSR count). The maximum atomic E-state index is 12.3. The third-order valence-corrected chi connectivity index (χ3v) is 12.0. The molecule has 0 N–H and O–H groups in total. The lowest BCUT2D eigenvalue weighted by Crippen LogP contribution is -2.47. The SMILES string of the molecule is CCC(C)(C)C(=O)OC(C)C(=O)OC1C2CC3C1OS(=O)(=O)C3C2.CCC(C)(C)C(=O)OC1(C(C)(C)C)CCCC1. The van der Waals surface area contributed by atoms with Gasteiger partial charge in [0.1, 0.15) is 17.8 Å². The fourth-order valence-electron chi connectivity index (χ4n) is 6.20. The molecule has 0 spiro atoms. The van der Waals surface area contributed by atoms with Gasteiger partial charge in [0.05, 0.1) is 16.1 Å². The Labute approximate surface area is 246 Å². The number of fused-ring (bicyclic) bond motifs is 1. The van der Waals surface area contributed by atoms with E-state index in [0.29, 0.717) is 19.3 Å². The van der Waals surface area contributed by atoms with Gasteiger partial charge in [0.25, 0.3) is 10.1 Å². The monoisotopic (exact) mass is 600 g/mol. The Balaban J connectivity index is 0.000000241. The first kappa shape index (κ1) is 33.8. The summed E-state index contributed by atoms with van der Waals surface area (Å²) in [6.45, 7) is 19.4. The van der Waals surface area contributed by atoms with Crippen LogP contribution < -0.4 is 0 Å². The summed E-state index contributed by atoms with van der Waals surface area (Å²) in [5.41, 5.74) is -1.24. The molecule has 6 atom stereocenters. The van der Waals surface area contributed by atoms with Crippen LogP contribution in [0.5, 0.6) is 0 Å². The first-order chi connectivity index (χ1) is 18.7. The van der Waals surface area contributed by atoms with Crippen molar-refractivity contribution in [1.29, 1.82) is 0 Å². The molecule has 0 aromatic heterocycles. The summed E-state index contributed by atoms with van der Waals surface area (Å²) in [5, 5.41) is -0.456. The number of carbonyl (C=O) groups excluding carboxylic acids is 3. The Bertz CT molecular complexity index is 1100. The van der Waals surface area contributed by atoms with E-state index in [0.717, 1.165) is 19.3 Å². The lowest BCUT2D eigenvalue weighted by molar-refractivity contribution is -0.183. The van der Waals surface area contributed by atoms with E-state index in [4.69, 9.17) is 18.4 Å². The average Bonchev–Trinajstić information content (AvgIpc) is 3.63. The second-order valence-electron chi connectivity index (χ2n) is 14.8. The van der Waals surface area contributed by atoms with Gasteiger partial charge >= 0.3 is 17.9 Å². The molecule has 4 aliphatic rings. The number of rotatable bonds is 8. The van der Waals surface area contributed by atoms with Gasteiger partial charge in [-0.15, -0.1) is 0 Å². The van der Waals surface area contributed by atoms with Crippen LogP contribution in [0.3, 0.4) is 0 Å². The van der Waals surface area contributed by atoms with Gasteiger partial charge < -0.3 is 14.2 Å². The van der Waals surface area contributed by atoms with Crippen molar-refractivity contribution < 1.29 is 41.2 Å². The summed E-state index contributed by atoms with van der Waals surface area (Å²) in [7, 11) is -3.54. The predicted molar refractivity (Wildman–Crippen MR) is 154 cm³/mol. The Morgan fingerprint density at radius 3 is 1.95 bits per heavy atom. The smallest absolute Gasteiger partial charge is 0.347 e. The summed E-state index contributed by atoms with van der Waals surface area (Å²) in [5.74, 6) is -1.23. The van der Waals surface area contributed by atoms with Crippen LogP contribution in [-0.4, -0.2) is 55.5 Å². The predicted octanol–water partition coefficient (Wildman–Crippen LogP) is 5.73. The number of ether oxygens (including phenoxy) is 3. The van der Waals surface area contributed by atoms with E-state index in [2.05, 4.69) is 20.8 Å². The maximum Gasteiger partial charge on any atom is 0.347 e. The molecule has 41 heavy (non-hydrogen) atoms. The van der Waals surface area contributed by atoms with Crippen LogP contribution in [-0.2, 0) is 42.9 Å². The number of hydrogen-bond acceptors (Lipinski definition) is 9. The van der Waals surface area contributed by atoms with Gasteiger partial charge in [-0.05, 0) is 86.0 Å². The minimum atomic E-state index is -3.54. The van der Waals surface area contributed by atoms with Crippen LogP contribution in [0, 0.1) is 28.1 Å². The van der Waals surface area contributed by atoms with Crippen LogP contribution in [0.15, 0.2) is 0 Å². The van der Waals surface area contributed by atoms with Gasteiger partial charge in [0.2, 0.25) is 0 Å². The molecular formula is C31H52O9S. The van der Waals surface area contributed by atoms with Crippen LogP contribution in [0.1, 0.15) is 121 Å². The first-order valence-corrected chi connectivity index (χ1v) is 16.8. The molecule has 0 amide bonds. The molecule has 9 nitrogen and oxygen atoms in total. The lowest BCUT2D eigenvalue weighted by atomic mass is 9.74. The Hall–Kier alpha value is -1.68. The Kier molecular flexibility index (Phi) is 9.71. The molecule has 3 saturated carbocycles. The van der Waals surface area contributed by atoms with Gasteiger partial charge in [0.15, 0.2) is 6.10 Å². The van der Waals surface area contributed by atoms with Gasteiger partial charge in [0, 0.05) is 17.3 Å². The molecular weight excluding hydrogens is 548 g/mol. The van der Waals surface area contributed by atoms with Crippen molar-refractivity contribution in [2.75, 3.05) is 0 Å². The zero-order valence-corrected chi connectivity index (χ0v) is 27.5. The fourth-order valence-corrected chi connectivity index (χ4v) is 8.08. The van der Waals surface area contributed by atoms with E-state index in [1.54, 1.807) is 13.8 Å². The van der Waals surface area contributed by atoms with Crippen LogP contribution in [0.2, 0.25) is 0 Å². The van der Waals surface area contributed by atoms with Crippen molar-refractivity contribution >= 4 is 28.0 Å². The fraction of sp³-hybridized carbons (Fsp3) is 0.903. The van der Waals surface area contributed by atoms with Crippen molar-refractivity contribution in [3.63, 3.8) is 0 Å². The second-order valence-corrected chi connectivity index (χ2v) is 16.5. The van der Waals surface area contributed by atoms with Crippen molar-refractivity contribution in [3.05, 3.63) is 0 Å². The maximum absolute atomic E-state index is 12.3. The Morgan fingerprint density at radius 1 is 0.902 bits per heavy atom. The van der Waals surface area contributed by atoms with E-state index >= 15 is 0 Å². The molecule has 4 fully saturated rings. The van der Waals surface area contributed by atoms with E-state index in [1.807, 2.05) is 27.7 Å². The van der Waals surface area contributed by atoms with E-state index in [9.17, 15) is 22.8 Å². The van der Waals surface area contributed by atoms with Gasteiger partial charge in [-0.3, -0.25) is 13.8 Å². The van der Waals surface area contributed by atoms with E-state index < -0.39 is 51.0 Å². The first-order valence-electron chi connectivity index (χ1n) is 15.3. The van der Waals surface area contributed by atoms with E-state index in [1.165, 1.54) is 19.8 Å². The molecule has 0 aromatic rings. The highest BCUT2D eigenvalue weighted by Gasteiger charge is 2.65. The number of carbonyl (C=O) groups is 3. The van der Waals surface area contributed by atoms with Gasteiger partial charge in [-0.1, -0.05) is 34.6 Å². The topological polar surface area (TPSA) is 122 Å². The molecule has 1 aliphatic heterocycles. The molecule has 6 unspecified atom stereocenters. The van der Waals surface area contributed by atoms with Crippen molar-refractivity contribution in [2.24, 2.45) is 28.1 Å². The largest absolute Gasteiger partial charge is 0.458 e. The molecule has 236 valence electrons. The zero-order valence-electron chi connectivity index (χ0n) is 26.7. The summed E-state index contributed by atoms with van der Waals surface area (Å²) < 4.78 is 45.6. The van der Waals surface area contributed by atoms with E-state index in [-0.39, 0.29) is 34.2 Å². The van der Waals surface area contributed by atoms with Gasteiger partial charge in [-0.25, -0.2) is 4.79 Å². The normalized spacial score (nSPS) is 30.2. The van der Waals surface area contributed by atoms with Gasteiger partial charge in [-0.2, -0.15) is 8.42 Å². The molecule has 0 radical (unpaired) electrons. The van der Waals surface area contributed by atoms with Crippen molar-refractivity contribution in [3.8, 4) is 0 Å². The van der Waals surface area contributed by atoms with Crippen molar-refractivity contribution in [2.45, 2.75) is 150 Å². The highest BCUT2D eigenvalue weighted by molar-refractivity contribution is 7.87. The number of hydrogen-bond donors (Lipinski definition) is 0. The second kappa shape index (κ2) is 11.8. The minimum absolute atomic E-state index is 0.00112. The summed E-state index contributed by atoms with van der Waals surface area (Å²) in [6.07, 6.45) is 4.78. The van der Waals surface area contributed by atoms with Crippen LogP contribution in [0.25, 0.3) is 0 Å². The third kappa shape index (κ3) is 6.78. The van der Waals surface area contributed by atoms with Crippen LogP contribution in [0.4, 0.5) is 0 Å². The molecule has 0 aromatic carbocycles. The molecule has 1 saturated heterocycles. The quantitative estimate of drug-likeness (QED) is 0.195. The average molecular weight is 601 g/mol. The third-order valence-electron chi connectivity index (χ3n) is 10.2. The molecule has 2 bridgehead atoms. The highest BCUT2D eigenvalue weighted by atomic mass is 32.2. The Morgan fingerprint density at radius 2 is 1.44 bits per heavy atom. The zero-order chi connectivity index (χ0) is 31.2. The molecule has 3 aliphatic carbocycles. The lowest BCUT2D eigenvalue weighted by Gasteiger charge is -2.42. The summed E-state index contributed by atoms with van der Waals surface area (Å²) >= 11 is 0. The highest BCUT2D eigenvalue weighted by Crippen LogP contribution is 2.55. The number of esters is 3. The minimum Gasteiger partial charge on any atom is -0.458 e. The van der Waals surface area contributed by atoms with Crippen LogP contribution >= 0.6 is 0 Å². The summed E-state index contributed by atoms with van der Waals surface area (Å²) in [4.78, 5) is 36.6. The molecule has 1 heterocycles.